The van der Waals surface area contributed by atoms with Gasteiger partial charge in [-0.25, -0.2) is 4.98 Å². The highest BCUT2D eigenvalue weighted by atomic mass is 32.2. The first kappa shape index (κ1) is 12.0. The molecule has 0 radical (unpaired) electrons. The molecule has 0 aliphatic carbocycles. The molecule has 1 unspecified atom stereocenters. The van der Waals surface area contributed by atoms with E-state index in [2.05, 4.69) is 23.8 Å². The Hall–Kier alpha value is -1.49. The third kappa shape index (κ3) is 2.61. The summed E-state index contributed by atoms with van der Waals surface area (Å²) in [6.45, 7) is 4.22. The van der Waals surface area contributed by atoms with E-state index in [1.54, 1.807) is 30.0 Å². The normalized spacial score (nSPS) is 12.8. The molecule has 2 aromatic rings. The van der Waals surface area contributed by atoms with Crippen LogP contribution in [0.25, 0.3) is 10.9 Å². The van der Waals surface area contributed by atoms with Crippen molar-refractivity contribution >= 4 is 28.4 Å². The summed E-state index contributed by atoms with van der Waals surface area (Å²) in [6, 6.07) is 5.19. The molecule has 0 aliphatic heterocycles. The number of benzene rings is 1. The third-order valence-corrected chi connectivity index (χ3v) is 3.75. The third-order valence-electron chi connectivity index (χ3n) is 2.60. The van der Waals surface area contributed by atoms with Crippen LogP contribution in [-0.2, 0) is 0 Å². The molecule has 1 aromatic carbocycles. The molecule has 0 aliphatic rings. The van der Waals surface area contributed by atoms with Gasteiger partial charge in [-0.2, -0.15) is 0 Å². The smallest absolute Gasteiger partial charge is 0.259 e. The second-order valence-corrected chi connectivity index (χ2v) is 5.41. The maximum Gasteiger partial charge on any atom is 0.259 e. The predicted octanol–water partition coefficient (Wildman–Crippen LogP) is 2.40. The molecule has 0 amide bonds. The SMILES string of the molecule is CCC(C)Sc1nc2ccc(N)cc2c(=O)[nH]1. The lowest BCUT2D eigenvalue weighted by Gasteiger charge is -2.07. The number of fused-ring (bicyclic) bond motifs is 1. The first-order chi connectivity index (χ1) is 8.10. The number of nitrogen functional groups attached to an aromatic ring is 1. The van der Waals surface area contributed by atoms with Gasteiger partial charge in [0.25, 0.3) is 5.56 Å². The van der Waals surface area contributed by atoms with Gasteiger partial charge in [-0.05, 0) is 24.6 Å². The molecule has 0 fully saturated rings. The highest BCUT2D eigenvalue weighted by Gasteiger charge is 2.07. The van der Waals surface area contributed by atoms with E-state index in [-0.39, 0.29) is 5.56 Å². The lowest BCUT2D eigenvalue weighted by molar-refractivity contribution is 0.886. The molecule has 1 aromatic heterocycles. The van der Waals surface area contributed by atoms with Crippen LogP contribution in [0.5, 0.6) is 0 Å². The van der Waals surface area contributed by atoms with E-state index in [1.165, 1.54) is 0 Å². The van der Waals surface area contributed by atoms with E-state index < -0.39 is 0 Å². The topological polar surface area (TPSA) is 71.8 Å². The lowest BCUT2D eigenvalue weighted by atomic mass is 10.2. The quantitative estimate of drug-likeness (QED) is 0.498. The van der Waals surface area contributed by atoms with Crippen molar-refractivity contribution in [2.45, 2.75) is 30.7 Å². The van der Waals surface area contributed by atoms with Crippen LogP contribution in [-0.4, -0.2) is 15.2 Å². The second-order valence-electron chi connectivity index (χ2n) is 3.98. The fourth-order valence-corrected chi connectivity index (χ4v) is 2.32. The van der Waals surface area contributed by atoms with Crippen molar-refractivity contribution in [2.24, 2.45) is 0 Å². The molecule has 2 rings (SSSR count). The van der Waals surface area contributed by atoms with E-state index in [4.69, 9.17) is 5.73 Å². The summed E-state index contributed by atoms with van der Waals surface area (Å²) in [5, 5.41) is 1.64. The molecule has 0 saturated heterocycles. The van der Waals surface area contributed by atoms with Crippen LogP contribution in [0.15, 0.2) is 28.2 Å². The van der Waals surface area contributed by atoms with Crippen molar-refractivity contribution in [1.29, 1.82) is 0 Å². The minimum absolute atomic E-state index is 0.131. The fraction of sp³-hybridized carbons (Fsp3) is 0.333. The van der Waals surface area contributed by atoms with Gasteiger partial charge in [0.2, 0.25) is 0 Å². The Morgan fingerprint density at radius 3 is 3.00 bits per heavy atom. The molecular formula is C12H15N3OS. The average Bonchev–Trinajstić information content (AvgIpc) is 2.30. The number of aromatic amines is 1. The van der Waals surface area contributed by atoms with Crippen LogP contribution < -0.4 is 11.3 Å². The number of thioether (sulfide) groups is 1. The Morgan fingerprint density at radius 1 is 1.53 bits per heavy atom. The van der Waals surface area contributed by atoms with Gasteiger partial charge in [0.15, 0.2) is 5.16 Å². The number of H-pyrrole nitrogens is 1. The first-order valence-electron chi connectivity index (χ1n) is 5.56. The summed E-state index contributed by atoms with van der Waals surface area (Å²) < 4.78 is 0. The number of rotatable bonds is 3. The van der Waals surface area contributed by atoms with Gasteiger partial charge in [-0.15, -0.1) is 0 Å². The Balaban J connectivity index is 2.49. The van der Waals surface area contributed by atoms with Gasteiger partial charge in [-0.3, -0.25) is 4.79 Å². The van der Waals surface area contributed by atoms with Crippen molar-refractivity contribution in [3.05, 3.63) is 28.6 Å². The lowest BCUT2D eigenvalue weighted by Crippen LogP contribution is -2.10. The van der Waals surface area contributed by atoms with Crippen LogP contribution in [0.2, 0.25) is 0 Å². The standard InChI is InChI=1S/C12H15N3OS/c1-3-7(2)17-12-14-10-5-4-8(13)6-9(10)11(16)15-12/h4-7H,3,13H2,1-2H3,(H,14,15,16). The monoisotopic (exact) mass is 249 g/mol. The van der Waals surface area contributed by atoms with Crippen molar-refractivity contribution in [3.8, 4) is 0 Å². The largest absolute Gasteiger partial charge is 0.399 e. The van der Waals surface area contributed by atoms with Crippen molar-refractivity contribution in [2.75, 3.05) is 5.73 Å². The molecule has 0 spiro atoms. The number of hydrogen-bond acceptors (Lipinski definition) is 4. The zero-order valence-electron chi connectivity index (χ0n) is 9.86. The van der Waals surface area contributed by atoms with Crippen molar-refractivity contribution in [3.63, 3.8) is 0 Å². The number of hydrogen-bond donors (Lipinski definition) is 2. The summed E-state index contributed by atoms with van der Waals surface area (Å²) in [4.78, 5) is 19.1. The molecule has 0 bridgehead atoms. The van der Waals surface area contributed by atoms with E-state index in [0.717, 1.165) is 6.42 Å². The maximum absolute atomic E-state index is 11.9. The van der Waals surface area contributed by atoms with Crippen LogP contribution in [0.1, 0.15) is 20.3 Å². The summed E-state index contributed by atoms with van der Waals surface area (Å²) in [5.74, 6) is 0. The average molecular weight is 249 g/mol. The molecule has 3 N–H and O–H groups in total. The van der Waals surface area contributed by atoms with Crippen LogP contribution in [0.3, 0.4) is 0 Å². The second kappa shape index (κ2) is 4.79. The minimum atomic E-state index is -0.131. The Kier molecular flexibility index (Phi) is 3.38. The number of nitrogens with zero attached hydrogens (tertiary/aromatic N) is 1. The summed E-state index contributed by atoms with van der Waals surface area (Å²) in [6.07, 6.45) is 1.04. The maximum atomic E-state index is 11.9. The molecule has 1 heterocycles. The molecule has 90 valence electrons. The predicted molar refractivity (Wildman–Crippen MR) is 72.4 cm³/mol. The highest BCUT2D eigenvalue weighted by Crippen LogP contribution is 2.22. The zero-order chi connectivity index (χ0) is 12.4. The number of nitrogens with one attached hydrogen (secondary N) is 1. The van der Waals surface area contributed by atoms with Crippen LogP contribution in [0, 0.1) is 0 Å². The molecule has 4 nitrogen and oxygen atoms in total. The molecule has 0 saturated carbocycles. The molecule has 17 heavy (non-hydrogen) atoms. The van der Waals surface area contributed by atoms with E-state index in [9.17, 15) is 4.79 Å². The van der Waals surface area contributed by atoms with Gasteiger partial charge in [-0.1, -0.05) is 25.6 Å². The number of nitrogens with two attached hydrogens (primary N) is 1. The van der Waals surface area contributed by atoms with Gasteiger partial charge < -0.3 is 10.7 Å². The minimum Gasteiger partial charge on any atom is -0.399 e. The van der Waals surface area contributed by atoms with E-state index in [1.807, 2.05) is 0 Å². The summed E-state index contributed by atoms with van der Waals surface area (Å²) in [5.41, 5.74) is 6.78. The van der Waals surface area contributed by atoms with Crippen LogP contribution in [0.4, 0.5) is 5.69 Å². The fourth-order valence-electron chi connectivity index (χ4n) is 1.46. The van der Waals surface area contributed by atoms with Gasteiger partial charge >= 0.3 is 0 Å². The Labute approximate surface area is 104 Å². The van der Waals surface area contributed by atoms with E-state index in [0.29, 0.717) is 27.0 Å². The van der Waals surface area contributed by atoms with Crippen molar-refractivity contribution in [1.82, 2.24) is 9.97 Å². The molecule has 1 atom stereocenters. The van der Waals surface area contributed by atoms with Gasteiger partial charge in [0.05, 0.1) is 10.9 Å². The van der Waals surface area contributed by atoms with Crippen LogP contribution >= 0.6 is 11.8 Å². The first-order valence-corrected chi connectivity index (χ1v) is 6.44. The number of aromatic nitrogens is 2. The summed E-state index contributed by atoms with van der Waals surface area (Å²) in [7, 11) is 0. The van der Waals surface area contributed by atoms with Gasteiger partial charge in [0.1, 0.15) is 0 Å². The molecule has 5 heteroatoms. The molecular weight excluding hydrogens is 234 g/mol. The van der Waals surface area contributed by atoms with Crippen molar-refractivity contribution < 1.29 is 0 Å². The number of anilines is 1. The van der Waals surface area contributed by atoms with E-state index >= 15 is 0 Å². The zero-order valence-corrected chi connectivity index (χ0v) is 10.7. The van der Waals surface area contributed by atoms with Gasteiger partial charge in [0, 0.05) is 10.9 Å². The Bertz CT molecular complexity index is 594. The Morgan fingerprint density at radius 2 is 2.29 bits per heavy atom. The highest BCUT2D eigenvalue weighted by molar-refractivity contribution is 7.99. The summed E-state index contributed by atoms with van der Waals surface area (Å²) >= 11 is 1.58.